The van der Waals surface area contributed by atoms with E-state index >= 15 is 0 Å². The van der Waals surface area contributed by atoms with Gasteiger partial charge in [-0.2, -0.15) is 0 Å². The summed E-state index contributed by atoms with van der Waals surface area (Å²) in [6, 6.07) is 0. The molecule has 1 aliphatic heterocycles. The van der Waals surface area contributed by atoms with E-state index in [2.05, 4.69) is 4.90 Å². The fourth-order valence-corrected chi connectivity index (χ4v) is 3.54. The lowest BCUT2D eigenvalue weighted by Crippen LogP contribution is -2.58. The summed E-state index contributed by atoms with van der Waals surface area (Å²) in [5, 5.41) is 9.87. The van der Waals surface area contributed by atoms with Crippen molar-refractivity contribution < 1.29 is 5.11 Å². The molecular weight excluding hydrogens is 186 g/mol. The maximum Gasteiger partial charge on any atom is 0.0695 e. The molecule has 0 aromatic carbocycles. The Balaban J connectivity index is 1.44. The van der Waals surface area contributed by atoms with Crippen LogP contribution in [0.15, 0.2) is 0 Å². The summed E-state index contributed by atoms with van der Waals surface area (Å²) in [5.41, 5.74) is 0.682. The summed E-state index contributed by atoms with van der Waals surface area (Å²) < 4.78 is 0. The van der Waals surface area contributed by atoms with E-state index < -0.39 is 0 Å². The van der Waals surface area contributed by atoms with Crippen molar-refractivity contribution in [1.29, 1.82) is 0 Å². The van der Waals surface area contributed by atoms with Crippen LogP contribution < -0.4 is 0 Å². The third-order valence-electron chi connectivity index (χ3n) is 4.64. The molecule has 15 heavy (non-hydrogen) atoms. The first-order valence-corrected chi connectivity index (χ1v) is 6.68. The van der Waals surface area contributed by atoms with Crippen LogP contribution >= 0.6 is 0 Å². The average molecular weight is 209 g/mol. The van der Waals surface area contributed by atoms with Crippen molar-refractivity contribution in [1.82, 2.24) is 4.90 Å². The number of rotatable bonds is 3. The van der Waals surface area contributed by atoms with Crippen molar-refractivity contribution >= 4 is 0 Å². The first-order chi connectivity index (χ1) is 7.27. The second kappa shape index (κ2) is 3.74. The number of hydrogen-bond donors (Lipinski definition) is 1. The fraction of sp³-hybridized carbons (Fsp3) is 1.00. The lowest BCUT2D eigenvalue weighted by atomic mass is 9.68. The van der Waals surface area contributed by atoms with Gasteiger partial charge in [-0.25, -0.2) is 0 Å². The van der Waals surface area contributed by atoms with Crippen molar-refractivity contribution in [2.24, 2.45) is 11.3 Å². The first kappa shape index (κ1) is 10.1. The van der Waals surface area contributed by atoms with Crippen molar-refractivity contribution in [3.8, 4) is 0 Å². The van der Waals surface area contributed by atoms with Gasteiger partial charge < -0.3 is 5.11 Å². The molecule has 1 N–H and O–H groups in total. The molecule has 3 aliphatic rings. The molecule has 2 nitrogen and oxygen atoms in total. The molecule has 1 heterocycles. The van der Waals surface area contributed by atoms with E-state index in [0.29, 0.717) is 11.3 Å². The lowest BCUT2D eigenvalue weighted by molar-refractivity contribution is -0.0522. The Hall–Kier alpha value is -0.0800. The van der Waals surface area contributed by atoms with E-state index in [4.69, 9.17) is 0 Å². The third kappa shape index (κ3) is 2.07. The average Bonchev–Trinajstić information content (AvgIpc) is 3.00. The number of aliphatic hydroxyl groups is 1. The molecule has 1 spiro atoms. The molecule has 3 fully saturated rings. The minimum absolute atomic E-state index is 0.0223. The molecule has 0 amide bonds. The minimum atomic E-state index is -0.0223. The third-order valence-corrected chi connectivity index (χ3v) is 4.64. The molecule has 0 bridgehead atoms. The van der Waals surface area contributed by atoms with Crippen LogP contribution in [0.3, 0.4) is 0 Å². The molecule has 0 radical (unpaired) electrons. The highest BCUT2D eigenvalue weighted by Gasteiger charge is 2.44. The fourth-order valence-electron chi connectivity index (χ4n) is 3.54. The van der Waals surface area contributed by atoms with Crippen molar-refractivity contribution in [2.75, 3.05) is 19.6 Å². The summed E-state index contributed by atoms with van der Waals surface area (Å²) in [6.45, 7) is 3.50. The number of β-amino-alcohol motifs (C(OH)–C–C–N with tert-alkyl or cyclic N) is 1. The quantitative estimate of drug-likeness (QED) is 0.768. The lowest BCUT2D eigenvalue weighted by Gasteiger charge is -2.53. The smallest absolute Gasteiger partial charge is 0.0695 e. The van der Waals surface area contributed by atoms with E-state index in [1.807, 2.05) is 0 Å². The Labute approximate surface area is 92.7 Å². The molecular formula is C13H23NO. The molecule has 1 saturated heterocycles. The largest absolute Gasteiger partial charge is 0.392 e. The molecule has 2 aliphatic carbocycles. The minimum Gasteiger partial charge on any atom is -0.392 e. The van der Waals surface area contributed by atoms with E-state index in [0.717, 1.165) is 6.54 Å². The highest BCUT2D eigenvalue weighted by molar-refractivity contribution is 4.98. The van der Waals surface area contributed by atoms with Gasteiger partial charge in [-0.1, -0.05) is 19.3 Å². The number of hydrogen-bond acceptors (Lipinski definition) is 2. The van der Waals surface area contributed by atoms with Crippen LogP contribution in [-0.2, 0) is 0 Å². The van der Waals surface area contributed by atoms with Gasteiger partial charge in [0.15, 0.2) is 0 Å². The normalized spacial score (nSPS) is 32.6. The van der Waals surface area contributed by atoms with Crippen LogP contribution in [0.4, 0.5) is 0 Å². The van der Waals surface area contributed by atoms with Gasteiger partial charge in [-0.15, -0.1) is 0 Å². The second-order valence-electron chi connectivity index (χ2n) is 6.14. The number of aliphatic hydroxyl groups excluding tert-OH is 1. The summed E-state index contributed by atoms with van der Waals surface area (Å²) >= 11 is 0. The Morgan fingerprint density at radius 1 is 1.13 bits per heavy atom. The first-order valence-electron chi connectivity index (χ1n) is 6.68. The standard InChI is InChI=1S/C13H23NO/c15-12(11-4-5-11)8-14-9-13(10-14)6-2-1-3-7-13/h11-12,15H,1-10H2. The zero-order chi connectivity index (χ0) is 10.3. The summed E-state index contributed by atoms with van der Waals surface area (Å²) in [7, 11) is 0. The highest BCUT2D eigenvalue weighted by Crippen LogP contribution is 2.44. The van der Waals surface area contributed by atoms with Gasteiger partial charge in [-0.3, -0.25) is 4.90 Å². The molecule has 2 heteroatoms. The van der Waals surface area contributed by atoms with Crippen molar-refractivity contribution in [2.45, 2.75) is 51.0 Å². The van der Waals surface area contributed by atoms with E-state index in [1.165, 1.54) is 58.0 Å². The summed E-state index contributed by atoms with van der Waals surface area (Å²) in [4.78, 5) is 2.48. The maximum atomic E-state index is 9.87. The number of nitrogens with zero attached hydrogens (tertiary/aromatic N) is 1. The van der Waals surface area contributed by atoms with Crippen LogP contribution in [0, 0.1) is 11.3 Å². The maximum absolute atomic E-state index is 9.87. The van der Waals surface area contributed by atoms with E-state index in [-0.39, 0.29) is 6.10 Å². The zero-order valence-corrected chi connectivity index (χ0v) is 9.62. The molecule has 0 aromatic rings. The van der Waals surface area contributed by atoms with Crippen LogP contribution in [-0.4, -0.2) is 35.7 Å². The predicted octanol–water partition coefficient (Wildman–Crippen LogP) is 2.02. The molecule has 3 rings (SSSR count). The Bertz CT molecular complexity index is 223. The summed E-state index contributed by atoms with van der Waals surface area (Å²) in [6.07, 6.45) is 9.74. The SMILES string of the molecule is OC(CN1CC2(CCCCC2)C1)C1CC1. The number of likely N-dealkylation sites (tertiary alicyclic amines) is 1. The van der Waals surface area contributed by atoms with Crippen molar-refractivity contribution in [3.63, 3.8) is 0 Å². The zero-order valence-electron chi connectivity index (χ0n) is 9.62. The van der Waals surface area contributed by atoms with Crippen LogP contribution in [0.25, 0.3) is 0 Å². The predicted molar refractivity (Wildman–Crippen MR) is 60.7 cm³/mol. The van der Waals surface area contributed by atoms with Crippen molar-refractivity contribution in [3.05, 3.63) is 0 Å². The highest BCUT2D eigenvalue weighted by atomic mass is 16.3. The Morgan fingerprint density at radius 2 is 1.80 bits per heavy atom. The second-order valence-corrected chi connectivity index (χ2v) is 6.14. The summed E-state index contributed by atoms with van der Waals surface area (Å²) in [5.74, 6) is 0.646. The Kier molecular flexibility index (Phi) is 2.52. The van der Waals surface area contributed by atoms with Gasteiger partial charge in [0.1, 0.15) is 0 Å². The van der Waals surface area contributed by atoms with Gasteiger partial charge in [-0.05, 0) is 37.0 Å². The molecule has 86 valence electrons. The van der Waals surface area contributed by atoms with Crippen LogP contribution in [0.1, 0.15) is 44.9 Å². The van der Waals surface area contributed by atoms with Gasteiger partial charge in [0.2, 0.25) is 0 Å². The monoisotopic (exact) mass is 209 g/mol. The molecule has 1 unspecified atom stereocenters. The van der Waals surface area contributed by atoms with Gasteiger partial charge in [0.25, 0.3) is 0 Å². The van der Waals surface area contributed by atoms with E-state index in [9.17, 15) is 5.11 Å². The topological polar surface area (TPSA) is 23.5 Å². The van der Waals surface area contributed by atoms with Gasteiger partial charge in [0.05, 0.1) is 6.10 Å². The molecule has 2 saturated carbocycles. The molecule has 1 atom stereocenters. The van der Waals surface area contributed by atoms with Crippen LogP contribution in [0.5, 0.6) is 0 Å². The van der Waals surface area contributed by atoms with Gasteiger partial charge >= 0.3 is 0 Å². The van der Waals surface area contributed by atoms with E-state index in [1.54, 1.807) is 0 Å². The molecule has 0 aromatic heterocycles. The van der Waals surface area contributed by atoms with Crippen LogP contribution in [0.2, 0.25) is 0 Å². The van der Waals surface area contributed by atoms with Gasteiger partial charge in [0, 0.05) is 19.6 Å². The Morgan fingerprint density at radius 3 is 2.40 bits per heavy atom.